The van der Waals surface area contributed by atoms with Crippen LogP contribution in [0.4, 0.5) is 4.39 Å². The zero-order chi connectivity index (χ0) is 20.2. The van der Waals surface area contributed by atoms with Gasteiger partial charge in [-0.3, -0.25) is 9.89 Å². The topological polar surface area (TPSA) is 61.4 Å². The third kappa shape index (κ3) is 7.71. The first kappa shape index (κ1) is 22.5. The average molecular weight is 396 g/mol. The fourth-order valence-corrected chi connectivity index (χ4v) is 3.17. The Kier molecular flexibility index (Phi) is 10.2. The van der Waals surface area contributed by atoms with E-state index in [2.05, 4.69) is 32.5 Å². The lowest BCUT2D eigenvalue weighted by Gasteiger charge is -2.35. The second kappa shape index (κ2) is 12.7. The van der Waals surface area contributed by atoms with Crippen LogP contribution >= 0.6 is 0 Å². The van der Waals surface area contributed by atoms with Crippen molar-refractivity contribution in [1.82, 2.24) is 20.4 Å². The molecular formula is C20H34FN5O2. The van der Waals surface area contributed by atoms with Crippen LogP contribution in [0.5, 0.6) is 0 Å². The van der Waals surface area contributed by atoms with Crippen molar-refractivity contribution in [3.63, 3.8) is 0 Å². The fraction of sp³-hybridized carbons (Fsp3) is 0.650. The van der Waals surface area contributed by atoms with Crippen molar-refractivity contribution in [2.24, 2.45) is 4.99 Å². The van der Waals surface area contributed by atoms with E-state index in [4.69, 9.17) is 9.47 Å². The summed E-state index contributed by atoms with van der Waals surface area (Å²) in [5.41, 5.74) is 1.09. The van der Waals surface area contributed by atoms with E-state index in [1.807, 2.05) is 12.1 Å². The van der Waals surface area contributed by atoms with Crippen molar-refractivity contribution in [2.45, 2.75) is 6.04 Å². The maximum absolute atomic E-state index is 13.4. The van der Waals surface area contributed by atoms with Crippen LogP contribution in [0.2, 0.25) is 0 Å². The van der Waals surface area contributed by atoms with Gasteiger partial charge in [-0.25, -0.2) is 4.39 Å². The summed E-state index contributed by atoms with van der Waals surface area (Å²) in [7, 11) is 5.55. The molecule has 0 aliphatic carbocycles. The molecule has 2 N–H and O–H groups in total. The molecule has 0 spiro atoms. The second-order valence-corrected chi connectivity index (χ2v) is 6.89. The predicted molar refractivity (Wildman–Crippen MR) is 110 cm³/mol. The van der Waals surface area contributed by atoms with E-state index >= 15 is 0 Å². The molecule has 1 fully saturated rings. The molecule has 0 amide bonds. The summed E-state index contributed by atoms with van der Waals surface area (Å²) in [6.45, 7) is 7.16. The van der Waals surface area contributed by atoms with E-state index in [0.717, 1.165) is 64.1 Å². The number of benzene rings is 1. The summed E-state index contributed by atoms with van der Waals surface area (Å²) in [5.74, 6) is 0.549. The van der Waals surface area contributed by atoms with E-state index in [1.165, 1.54) is 12.1 Å². The SMILES string of the molecule is CN=C(NCCN(C)CCOC)NCC(c1ccc(F)cc1)N1CCOCC1. The summed E-state index contributed by atoms with van der Waals surface area (Å²) in [5, 5.41) is 6.77. The smallest absolute Gasteiger partial charge is 0.191 e. The molecule has 1 aromatic rings. The number of ether oxygens (including phenoxy) is 2. The quantitative estimate of drug-likeness (QED) is 0.454. The minimum absolute atomic E-state index is 0.132. The van der Waals surface area contributed by atoms with E-state index in [1.54, 1.807) is 14.2 Å². The normalized spacial score (nSPS) is 17.0. The maximum Gasteiger partial charge on any atom is 0.191 e. The number of guanidine groups is 1. The first-order valence-electron chi connectivity index (χ1n) is 9.83. The molecule has 158 valence electrons. The molecule has 1 unspecified atom stereocenters. The lowest BCUT2D eigenvalue weighted by molar-refractivity contribution is 0.0170. The van der Waals surface area contributed by atoms with Crippen LogP contribution in [0.1, 0.15) is 11.6 Å². The lowest BCUT2D eigenvalue weighted by Crippen LogP contribution is -2.47. The van der Waals surface area contributed by atoms with Gasteiger partial charge in [-0.1, -0.05) is 12.1 Å². The number of halogens is 1. The highest BCUT2D eigenvalue weighted by Crippen LogP contribution is 2.21. The predicted octanol–water partition coefficient (Wildman–Crippen LogP) is 0.942. The third-order valence-corrected chi connectivity index (χ3v) is 4.89. The largest absolute Gasteiger partial charge is 0.383 e. The molecule has 1 aliphatic rings. The van der Waals surface area contributed by atoms with Crippen LogP contribution in [-0.4, -0.2) is 96.1 Å². The summed E-state index contributed by atoms with van der Waals surface area (Å²) >= 11 is 0. The number of hydrogen-bond acceptors (Lipinski definition) is 5. The van der Waals surface area contributed by atoms with Gasteiger partial charge in [0.05, 0.1) is 25.9 Å². The van der Waals surface area contributed by atoms with Gasteiger partial charge in [-0.05, 0) is 24.7 Å². The minimum atomic E-state index is -0.215. The van der Waals surface area contributed by atoms with Crippen LogP contribution in [0, 0.1) is 5.82 Å². The van der Waals surface area contributed by atoms with E-state index in [9.17, 15) is 4.39 Å². The van der Waals surface area contributed by atoms with Crippen molar-refractivity contribution in [3.05, 3.63) is 35.6 Å². The first-order chi connectivity index (χ1) is 13.6. The van der Waals surface area contributed by atoms with Crippen molar-refractivity contribution in [3.8, 4) is 0 Å². The van der Waals surface area contributed by atoms with Crippen LogP contribution in [-0.2, 0) is 9.47 Å². The van der Waals surface area contributed by atoms with Gasteiger partial charge in [-0.15, -0.1) is 0 Å². The van der Waals surface area contributed by atoms with Gasteiger partial charge in [-0.2, -0.15) is 0 Å². The molecular weight excluding hydrogens is 361 g/mol. The molecule has 0 saturated carbocycles. The zero-order valence-electron chi connectivity index (χ0n) is 17.3. The number of hydrogen-bond donors (Lipinski definition) is 2. The number of nitrogens with zero attached hydrogens (tertiary/aromatic N) is 3. The van der Waals surface area contributed by atoms with E-state index < -0.39 is 0 Å². The zero-order valence-corrected chi connectivity index (χ0v) is 17.3. The molecule has 0 bridgehead atoms. The molecule has 0 radical (unpaired) electrons. The number of aliphatic imine (C=N–C) groups is 1. The van der Waals surface area contributed by atoms with Crippen LogP contribution in [0.3, 0.4) is 0 Å². The number of morpholine rings is 1. The molecule has 28 heavy (non-hydrogen) atoms. The minimum Gasteiger partial charge on any atom is -0.383 e. The number of methoxy groups -OCH3 is 1. The maximum atomic E-state index is 13.4. The number of likely N-dealkylation sites (N-methyl/N-ethyl adjacent to an activating group) is 1. The molecule has 1 saturated heterocycles. The molecule has 7 nitrogen and oxygen atoms in total. The lowest BCUT2D eigenvalue weighted by atomic mass is 10.0. The number of nitrogens with one attached hydrogen (secondary N) is 2. The van der Waals surface area contributed by atoms with Crippen LogP contribution in [0.15, 0.2) is 29.3 Å². The molecule has 1 atom stereocenters. The Morgan fingerprint density at radius 3 is 2.61 bits per heavy atom. The Balaban J connectivity index is 1.88. The molecule has 2 rings (SSSR count). The fourth-order valence-electron chi connectivity index (χ4n) is 3.17. The van der Waals surface area contributed by atoms with Gasteiger partial charge < -0.3 is 25.0 Å². The highest BCUT2D eigenvalue weighted by atomic mass is 19.1. The van der Waals surface area contributed by atoms with Crippen LogP contribution in [0.25, 0.3) is 0 Å². The molecule has 8 heteroatoms. The highest BCUT2D eigenvalue weighted by Gasteiger charge is 2.23. The molecule has 0 aromatic heterocycles. The van der Waals surface area contributed by atoms with Gasteiger partial charge in [0.2, 0.25) is 0 Å². The van der Waals surface area contributed by atoms with Gasteiger partial charge in [0.15, 0.2) is 5.96 Å². The van der Waals surface area contributed by atoms with Gasteiger partial charge in [0, 0.05) is 53.4 Å². The first-order valence-corrected chi connectivity index (χ1v) is 9.83. The Morgan fingerprint density at radius 1 is 1.25 bits per heavy atom. The van der Waals surface area contributed by atoms with Gasteiger partial charge in [0.1, 0.15) is 5.82 Å². The molecule has 1 heterocycles. The van der Waals surface area contributed by atoms with Gasteiger partial charge in [0.25, 0.3) is 0 Å². The average Bonchev–Trinajstić information content (AvgIpc) is 2.73. The summed E-state index contributed by atoms with van der Waals surface area (Å²) in [4.78, 5) is 8.90. The Morgan fingerprint density at radius 2 is 1.96 bits per heavy atom. The van der Waals surface area contributed by atoms with E-state index in [0.29, 0.717) is 6.54 Å². The standard InChI is InChI=1S/C20H34FN5O2/c1-22-20(23-8-9-25(2)10-13-27-3)24-16-19(26-11-14-28-15-12-26)17-4-6-18(21)7-5-17/h4-7,19H,8-16H2,1-3H3,(H2,22,23,24). The van der Waals surface area contributed by atoms with Crippen molar-refractivity contribution in [2.75, 3.05) is 80.3 Å². The summed E-state index contributed by atoms with van der Waals surface area (Å²) < 4.78 is 23.9. The Bertz CT molecular complexity index is 578. The van der Waals surface area contributed by atoms with Crippen LogP contribution < -0.4 is 10.6 Å². The number of rotatable bonds is 10. The van der Waals surface area contributed by atoms with Crippen molar-refractivity contribution in [1.29, 1.82) is 0 Å². The monoisotopic (exact) mass is 395 g/mol. The molecule has 1 aliphatic heterocycles. The van der Waals surface area contributed by atoms with Gasteiger partial charge >= 0.3 is 0 Å². The van der Waals surface area contributed by atoms with E-state index in [-0.39, 0.29) is 11.9 Å². The summed E-state index contributed by atoms with van der Waals surface area (Å²) in [6, 6.07) is 6.89. The second-order valence-electron chi connectivity index (χ2n) is 6.89. The Labute approximate surface area is 167 Å². The molecule has 1 aromatic carbocycles. The van der Waals surface area contributed by atoms with Crippen molar-refractivity contribution < 1.29 is 13.9 Å². The third-order valence-electron chi connectivity index (χ3n) is 4.89. The Hall–Kier alpha value is -1.74. The highest BCUT2D eigenvalue weighted by molar-refractivity contribution is 5.79. The summed E-state index contributed by atoms with van der Waals surface area (Å²) in [6.07, 6.45) is 0. The van der Waals surface area contributed by atoms with Crippen molar-refractivity contribution >= 4 is 5.96 Å².